The van der Waals surface area contributed by atoms with E-state index in [0.717, 1.165) is 18.5 Å². The van der Waals surface area contributed by atoms with Crippen LogP contribution in [-0.4, -0.2) is 20.9 Å². The smallest absolute Gasteiger partial charge is 0.339 e. The van der Waals surface area contributed by atoms with Gasteiger partial charge in [-0.05, 0) is 12.8 Å². The normalized spacial score (nSPS) is 10.9. The summed E-state index contributed by atoms with van der Waals surface area (Å²) in [5.74, 6) is -0.603. The molecule has 0 saturated heterocycles. The molecule has 14 heavy (non-hydrogen) atoms. The molecule has 0 saturated carbocycles. The molecule has 0 bridgehead atoms. The van der Waals surface area contributed by atoms with Crippen LogP contribution in [0.25, 0.3) is 0 Å². The van der Waals surface area contributed by atoms with Crippen molar-refractivity contribution in [3.63, 3.8) is 0 Å². The molecule has 0 amide bonds. The van der Waals surface area contributed by atoms with Gasteiger partial charge in [0.1, 0.15) is 5.56 Å². The molecule has 4 nitrogen and oxygen atoms in total. The predicted molar refractivity (Wildman–Crippen MR) is 53.5 cm³/mol. The second-order valence-electron chi connectivity index (χ2n) is 3.39. The summed E-state index contributed by atoms with van der Waals surface area (Å²) in [4.78, 5) is 10.9. The number of aromatic nitrogens is 2. The summed E-state index contributed by atoms with van der Waals surface area (Å²) in [6.45, 7) is 4.12. The molecule has 1 rings (SSSR count). The van der Waals surface area contributed by atoms with Crippen LogP contribution >= 0.6 is 0 Å². The quantitative estimate of drug-likeness (QED) is 0.801. The summed E-state index contributed by atoms with van der Waals surface area (Å²) in [6, 6.07) is 0. The van der Waals surface area contributed by atoms with Gasteiger partial charge in [0.2, 0.25) is 0 Å². The summed E-state index contributed by atoms with van der Waals surface area (Å²) >= 11 is 0. The fourth-order valence-electron chi connectivity index (χ4n) is 1.77. The fourth-order valence-corrected chi connectivity index (χ4v) is 1.77. The highest BCUT2D eigenvalue weighted by atomic mass is 16.4. The number of hydrogen-bond acceptors (Lipinski definition) is 2. The standard InChI is InChI=1S/C10H16N2O2/c1-4-7(5-2)9-8(10(13)14)6-11-12(9)3/h6-7H,4-5H2,1-3H3,(H,13,14). The Morgan fingerprint density at radius 1 is 1.57 bits per heavy atom. The van der Waals surface area contributed by atoms with E-state index in [-0.39, 0.29) is 5.92 Å². The van der Waals surface area contributed by atoms with E-state index in [0.29, 0.717) is 5.56 Å². The van der Waals surface area contributed by atoms with Crippen LogP contribution in [-0.2, 0) is 7.05 Å². The van der Waals surface area contributed by atoms with Crippen LogP contribution in [0, 0.1) is 0 Å². The number of carbonyl (C=O) groups is 1. The van der Waals surface area contributed by atoms with Gasteiger partial charge in [-0.25, -0.2) is 4.79 Å². The van der Waals surface area contributed by atoms with Gasteiger partial charge in [0.15, 0.2) is 0 Å². The van der Waals surface area contributed by atoms with Crippen molar-refractivity contribution < 1.29 is 9.90 Å². The highest BCUT2D eigenvalue weighted by molar-refractivity contribution is 5.88. The molecular weight excluding hydrogens is 180 g/mol. The number of rotatable bonds is 4. The van der Waals surface area contributed by atoms with Crippen LogP contribution in [0.4, 0.5) is 0 Å². The third-order valence-corrected chi connectivity index (χ3v) is 2.59. The van der Waals surface area contributed by atoms with Gasteiger partial charge < -0.3 is 5.11 Å². The van der Waals surface area contributed by atoms with Crippen LogP contribution in [0.2, 0.25) is 0 Å². The van der Waals surface area contributed by atoms with E-state index in [1.807, 2.05) is 0 Å². The van der Waals surface area contributed by atoms with E-state index in [9.17, 15) is 4.79 Å². The van der Waals surface area contributed by atoms with E-state index in [1.165, 1.54) is 6.20 Å². The minimum absolute atomic E-state index is 0.286. The van der Waals surface area contributed by atoms with Gasteiger partial charge in [0, 0.05) is 13.0 Å². The van der Waals surface area contributed by atoms with Crippen molar-refractivity contribution in [2.75, 3.05) is 0 Å². The van der Waals surface area contributed by atoms with Gasteiger partial charge in [0.25, 0.3) is 0 Å². The first-order valence-corrected chi connectivity index (χ1v) is 4.86. The SMILES string of the molecule is CCC(CC)c1c(C(=O)O)cnn1C. The molecule has 1 aromatic rings. The zero-order valence-electron chi connectivity index (χ0n) is 8.82. The van der Waals surface area contributed by atoms with Crippen molar-refractivity contribution >= 4 is 5.97 Å². The predicted octanol–water partition coefficient (Wildman–Crippen LogP) is 2.02. The average molecular weight is 196 g/mol. The van der Waals surface area contributed by atoms with Gasteiger partial charge in [-0.1, -0.05) is 13.8 Å². The number of aryl methyl sites for hydroxylation is 1. The lowest BCUT2D eigenvalue weighted by atomic mass is 9.96. The Labute approximate surface area is 83.5 Å². The maximum Gasteiger partial charge on any atom is 0.339 e. The molecule has 0 spiro atoms. The lowest BCUT2D eigenvalue weighted by Crippen LogP contribution is -2.09. The third-order valence-electron chi connectivity index (χ3n) is 2.59. The van der Waals surface area contributed by atoms with Crippen LogP contribution in [0.15, 0.2) is 6.20 Å². The van der Waals surface area contributed by atoms with Crippen molar-refractivity contribution in [1.82, 2.24) is 9.78 Å². The summed E-state index contributed by atoms with van der Waals surface area (Å²) in [7, 11) is 1.79. The summed E-state index contributed by atoms with van der Waals surface area (Å²) in [5.41, 5.74) is 1.17. The van der Waals surface area contributed by atoms with E-state index in [4.69, 9.17) is 5.11 Å². The maximum atomic E-state index is 10.9. The summed E-state index contributed by atoms with van der Waals surface area (Å²) in [5, 5.41) is 13.0. The number of nitrogens with zero attached hydrogens (tertiary/aromatic N) is 2. The van der Waals surface area contributed by atoms with E-state index in [2.05, 4.69) is 18.9 Å². The Bertz CT molecular complexity index is 327. The minimum Gasteiger partial charge on any atom is -0.478 e. The zero-order chi connectivity index (χ0) is 10.7. The topological polar surface area (TPSA) is 55.1 Å². The highest BCUT2D eigenvalue weighted by Crippen LogP contribution is 2.25. The Balaban J connectivity index is 3.15. The molecule has 4 heteroatoms. The Kier molecular flexibility index (Phi) is 3.28. The van der Waals surface area contributed by atoms with Gasteiger partial charge >= 0.3 is 5.97 Å². The summed E-state index contributed by atoms with van der Waals surface area (Å²) in [6.07, 6.45) is 3.31. The first-order valence-electron chi connectivity index (χ1n) is 4.86. The molecule has 0 aromatic carbocycles. The molecule has 1 aromatic heterocycles. The van der Waals surface area contributed by atoms with E-state index in [1.54, 1.807) is 11.7 Å². The second-order valence-corrected chi connectivity index (χ2v) is 3.39. The summed E-state index contributed by atoms with van der Waals surface area (Å²) < 4.78 is 1.67. The Morgan fingerprint density at radius 3 is 2.57 bits per heavy atom. The van der Waals surface area contributed by atoms with Gasteiger partial charge in [-0.2, -0.15) is 5.10 Å². The molecule has 1 N–H and O–H groups in total. The van der Waals surface area contributed by atoms with Gasteiger partial charge in [-0.3, -0.25) is 4.68 Å². The maximum absolute atomic E-state index is 10.9. The molecule has 0 fully saturated rings. The first-order chi connectivity index (χ1) is 6.61. The lowest BCUT2D eigenvalue weighted by Gasteiger charge is -2.13. The average Bonchev–Trinajstić information content (AvgIpc) is 2.51. The molecule has 0 unspecified atom stereocenters. The van der Waals surface area contributed by atoms with E-state index < -0.39 is 5.97 Å². The minimum atomic E-state index is -0.889. The van der Waals surface area contributed by atoms with Crippen molar-refractivity contribution in [2.45, 2.75) is 32.6 Å². The van der Waals surface area contributed by atoms with Crippen molar-refractivity contribution in [1.29, 1.82) is 0 Å². The number of carboxylic acid groups (broad SMARTS) is 1. The Hall–Kier alpha value is -1.32. The van der Waals surface area contributed by atoms with Crippen LogP contribution < -0.4 is 0 Å². The molecule has 0 atom stereocenters. The molecule has 0 aliphatic heterocycles. The highest BCUT2D eigenvalue weighted by Gasteiger charge is 2.20. The first kappa shape index (κ1) is 10.8. The van der Waals surface area contributed by atoms with E-state index >= 15 is 0 Å². The molecular formula is C10H16N2O2. The van der Waals surface area contributed by atoms with Gasteiger partial charge in [0.05, 0.1) is 11.9 Å². The largest absolute Gasteiger partial charge is 0.478 e. The molecule has 0 aliphatic carbocycles. The molecule has 0 aliphatic rings. The molecule has 0 radical (unpaired) electrons. The Morgan fingerprint density at radius 2 is 2.14 bits per heavy atom. The number of aromatic carboxylic acids is 1. The number of carboxylic acids is 1. The molecule has 78 valence electrons. The van der Waals surface area contributed by atoms with Crippen molar-refractivity contribution in [3.05, 3.63) is 17.5 Å². The third kappa shape index (κ3) is 1.78. The van der Waals surface area contributed by atoms with Crippen LogP contribution in [0.5, 0.6) is 0 Å². The van der Waals surface area contributed by atoms with Gasteiger partial charge in [-0.15, -0.1) is 0 Å². The van der Waals surface area contributed by atoms with Crippen molar-refractivity contribution in [2.24, 2.45) is 7.05 Å². The second kappa shape index (κ2) is 4.26. The number of hydrogen-bond donors (Lipinski definition) is 1. The lowest BCUT2D eigenvalue weighted by molar-refractivity contribution is 0.0695. The monoisotopic (exact) mass is 196 g/mol. The molecule has 1 heterocycles. The van der Waals surface area contributed by atoms with Crippen LogP contribution in [0.1, 0.15) is 48.7 Å². The van der Waals surface area contributed by atoms with Crippen LogP contribution in [0.3, 0.4) is 0 Å². The zero-order valence-corrected chi connectivity index (χ0v) is 8.82. The van der Waals surface area contributed by atoms with Crippen molar-refractivity contribution in [3.8, 4) is 0 Å². The fraction of sp³-hybridized carbons (Fsp3) is 0.600.